The average molecular weight is 242 g/mol. The summed E-state index contributed by atoms with van der Waals surface area (Å²) in [5.74, 6) is 1.09. The molecule has 1 aromatic heterocycles. The van der Waals surface area contributed by atoms with Crippen molar-refractivity contribution < 1.29 is 14.0 Å². The van der Waals surface area contributed by atoms with Gasteiger partial charge < -0.3 is 14.0 Å². The van der Waals surface area contributed by atoms with E-state index in [0.29, 0.717) is 24.9 Å². The van der Waals surface area contributed by atoms with Crippen LogP contribution in [0.1, 0.15) is 52.6 Å². The van der Waals surface area contributed by atoms with Crippen molar-refractivity contribution in [2.45, 2.75) is 47.3 Å². The fraction of sp³-hybridized carbons (Fsp3) is 0.833. The lowest BCUT2D eigenvalue weighted by molar-refractivity contribution is -0.155. The molecule has 0 unspecified atom stereocenters. The molecule has 1 aromatic rings. The molecule has 0 aliphatic carbocycles. The Balaban J connectivity index is 2.70. The number of hydrogen-bond donors (Lipinski definition) is 0. The molecule has 1 rings (SSSR count). The molecule has 0 spiro atoms. The first-order chi connectivity index (χ1) is 7.96. The van der Waals surface area contributed by atoms with Crippen LogP contribution in [0.2, 0.25) is 0 Å². The number of hydrogen-bond acceptors (Lipinski definition) is 5. The summed E-state index contributed by atoms with van der Waals surface area (Å²) in [7, 11) is 0. The van der Waals surface area contributed by atoms with Gasteiger partial charge in [0.05, 0.1) is 0 Å². The van der Waals surface area contributed by atoms with Gasteiger partial charge in [-0.2, -0.15) is 4.98 Å². The molecule has 0 bridgehead atoms. The van der Waals surface area contributed by atoms with E-state index in [-0.39, 0.29) is 5.41 Å². The molecule has 0 saturated carbocycles. The lowest BCUT2D eigenvalue weighted by atomic mass is 9.92. The molecule has 98 valence electrons. The Bertz CT molecular complexity index is 325. The molecule has 1 heterocycles. The summed E-state index contributed by atoms with van der Waals surface area (Å²) in [6, 6.07) is 0. The van der Waals surface area contributed by atoms with E-state index >= 15 is 0 Å². The highest BCUT2D eigenvalue weighted by molar-refractivity contribution is 4.91. The third-order valence-corrected chi connectivity index (χ3v) is 2.01. The summed E-state index contributed by atoms with van der Waals surface area (Å²) in [5.41, 5.74) is 0.133. The maximum absolute atomic E-state index is 5.39. The minimum atomic E-state index is -0.550. The Morgan fingerprint density at radius 2 is 1.76 bits per heavy atom. The second kappa shape index (κ2) is 6.12. The van der Waals surface area contributed by atoms with Crippen molar-refractivity contribution in [2.24, 2.45) is 5.41 Å². The topological polar surface area (TPSA) is 57.4 Å². The first-order valence-electron chi connectivity index (χ1n) is 6.02. The van der Waals surface area contributed by atoms with Crippen molar-refractivity contribution in [1.82, 2.24) is 10.1 Å². The van der Waals surface area contributed by atoms with Gasteiger partial charge in [-0.1, -0.05) is 25.9 Å². The van der Waals surface area contributed by atoms with Gasteiger partial charge in [0.25, 0.3) is 5.89 Å². The number of aromatic nitrogens is 2. The fourth-order valence-corrected chi connectivity index (χ4v) is 1.40. The van der Waals surface area contributed by atoms with Crippen LogP contribution in [0.4, 0.5) is 0 Å². The third kappa shape index (κ3) is 4.83. The lowest BCUT2D eigenvalue weighted by Gasteiger charge is -2.14. The van der Waals surface area contributed by atoms with Crippen LogP contribution >= 0.6 is 0 Å². The van der Waals surface area contributed by atoms with Crippen LogP contribution in [-0.4, -0.2) is 23.4 Å². The van der Waals surface area contributed by atoms with Crippen LogP contribution in [0, 0.1) is 5.41 Å². The monoisotopic (exact) mass is 242 g/mol. The second-order valence-corrected chi connectivity index (χ2v) is 5.03. The van der Waals surface area contributed by atoms with Crippen molar-refractivity contribution in [3.63, 3.8) is 0 Å². The second-order valence-electron chi connectivity index (χ2n) is 5.03. The summed E-state index contributed by atoms with van der Waals surface area (Å²) in [5, 5.41) is 3.94. The van der Waals surface area contributed by atoms with Gasteiger partial charge in [0.2, 0.25) is 6.29 Å². The van der Waals surface area contributed by atoms with Crippen molar-refractivity contribution in [3.05, 3.63) is 11.7 Å². The molecule has 5 heteroatoms. The van der Waals surface area contributed by atoms with Gasteiger partial charge in [0, 0.05) is 19.6 Å². The van der Waals surface area contributed by atoms with Crippen LogP contribution < -0.4 is 0 Å². The number of rotatable bonds is 6. The summed E-state index contributed by atoms with van der Waals surface area (Å²) in [6.07, 6.45) is 0.216. The largest absolute Gasteiger partial charge is 0.345 e. The van der Waals surface area contributed by atoms with Gasteiger partial charge in [-0.3, -0.25) is 0 Å². The van der Waals surface area contributed by atoms with Crippen molar-refractivity contribution in [3.8, 4) is 0 Å². The van der Waals surface area contributed by atoms with E-state index in [9.17, 15) is 0 Å². The van der Waals surface area contributed by atoms with E-state index in [0.717, 1.165) is 6.42 Å². The normalized spacial score (nSPS) is 12.4. The molecule has 0 radical (unpaired) electrons. The fourth-order valence-electron chi connectivity index (χ4n) is 1.40. The first-order valence-corrected chi connectivity index (χ1v) is 6.02. The first kappa shape index (κ1) is 14.1. The maximum atomic E-state index is 5.39. The summed E-state index contributed by atoms with van der Waals surface area (Å²) in [4.78, 5) is 4.31. The SMILES string of the molecule is CCOC(OCC)c1nc(CC(C)(C)C)no1. The molecule has 0 saturated heterocycles. The molecule has 0 aromatic carbocycles. The number of nitrogens with zero attached hydrogens (tertiary/aromatic N) is 2. The quantitative estimate of drug-likeness (QED) is 0.718. The van der Waals surface area contributed by atoms with E-state index in [1.807, 2.05) is 13.8 Å². The number of ether oxygens (including phenoxy) is 2. The van der Waals surface area contributed by atoms with E-state index in [2.05, 4.69) is 30.9 Å². The minimum Gasteiger partial charge on any atom is -0.345 e. The highest BCUT2D eigenvalue weighted by atomic mass is 16.7. The van der Waals surface area contributed by atoms with E-state index in [1.165, 1.54) is 0 Å². The Hall–Kier alpha value is -0.940. The van der Waals surface area contributed by atoms with Gasteiger partial charge in [0.15, 0.2) is 5.82 Å². The van der Waals surface area contributed by atoms with Gasteiger partial charge in [-0.25, -0.2) is 0 Å². The van der Waals surface area contributed by atoms with Crippen LogP contribution in [0.5, 0.6) is 0 Å². The zero-order valence-electron chi connectivity index (χ0n) is 11.3. The molecule has 5 nitrogen and oxygen atoms in total. The Morgan fingerprint density at radius 3 is 2.24 bits per heavy atom. The lowest BCUT2D eigenvalue weighted by Crippen LogP contribution is -2.12. The predicted molar refractivity (Wildman–Crippen MR) is 63.5 cm³/mol. The minimum absolute atomic E-state index is 0.133. The molecule has 0 N–H and O–H groups in total. The molecular formula is C12H22N2O3. The van der Waals surface area contributed by atoms with Crippen LogP contribution in [0.15, 0.2) is 4.52 Å². The van der Waals surface area contributed by atoms with Crippen molar-refractivity contribution in [1.29, 1.82) is 0 Å². The van der Waals surface area contributed by atoms with Crippen LogP contribution in [0.25, 0.3) is 0 Å². The Kier molecular flexibility index (Phi) is 5.08. The standard InChI is InChI=1S/C12H22N2O3/c1-6-15-11(16-7-2)10-13-9(14-17-10)8-12(3,4)5/h11H,6-8H2,1-5H3. The molecule has 17 heavy (non-hydrogen) atoms. The zero-order chi connectivity index (χ0) is 12.9. The summed E-state index contributed by atoms with van der Waals surface area (Å²) in [6.45, 7) is 11.3. The summed E-state index contributed by atoms with van der Waals surface area (Å²) >= 11 is 0. The van der Waals surface area contributed by atoms with E-state index < -0.39 is 6.29 Å². The van der Waals surface area contributed by atoms with Crippen molar-refractivity contribution >= 4 is 0 Å². The highest BCUT2D eigenvalue weighted by Crippen LogP contribution is 2.21. The maximum Gasteiger partial charge on any atom is 0.283 e. The average Bonchev–Trinajstić information content (AvgIpc) is 2.63. The van der Waals surface area contributed by atoms with Crippen LogP contribution in [0.3, 0.4) is 0 Å². The predicted octanol–water partition coefficient (Wildman–Crippen LogP) is 2.73. The van der Waals surface area contributed by atoms with Gasteiger partial charge in [-0.05, 0) is 19.3 Å². The van der Waals surface area contributed by atoms with Gasteiger partial charge in [-0.15, -0.1) is 0 Å². The molecule has 0 amide bonds. The molecule has 0 fully saturated rings. The van der Waals surface area contributed by atoms with Crippen LogP contribution in [-0.2, 0) is 15.9 Å². The Labute approximate surface area is 102 Å². The molecular weight excluding hydrogens is 220 g/mol. The molecule has 0 aliphatic heterocycles. The van der Waals surface area contributed by atoms with E-state index in [4.69, 9.17) is 14.0 Å². The molecule has 0 aliphatic rings. The van der Waals surface area contributed by atoms with Gasteiger partial charge >= 0.3 is 0 Å². The third-order valence-electron chi connectivity index (χ3n) is 2.01. The Morgan fingerprint density at radius 1 is 1.18 bits per heavy atom. The van der Waals surface area contributed by atoms with Gasteiger partial charge in [0.1, 0.15) is 0 Å². The molecule has 0 atom stereocenters. The zero-order valence-corrected chi connectivity index (χ0v) is 11.3. The van der Waals surface area contributed by atoms with Crippen molar-refractivity contribution in [2.75, 3.05) is 13.2 Å². The van der Waals surface area contributed by atoms with E-state index in [1.54, 1.807) is 0 Å². The highest BCUT2D eigenvalue weighted by Gasteiger charge is 2.22. The summed E-state index contributed by atoms with van der Waals surface area (Å²) < 4.78 is 16.0. The smallest absolute Gasteiger partial charge is 0.283 e.